The first-order valence-corrected chi connectivity index (χ1v) is 0.697. The van der Waals surface area contributed by atoms with Crippen LogP contribution in [0, 0.1) is 0 Å². The number of amides is 1. The van der Waals surface area contributed by atoms with Crippen molar-refractivity contribution < 1.29 is 68.1 Å². The minimum atomic E-state index is -1.58. The first-order valence-electron chi connectivity index (χ1n) is 0.697. The van der Waals surface area contributed by atoms with E-state index in [0.717, 1.165) is 0 Å². The van der Waals surface area contributed by atoms with Gasteiger partial charge in [0.2, 0.25) is 0 Å². The summed E-state index contributed by atoms with van der Waals surface area (Å²) in [6, 6.07) is 0. The van der Waals surface area contributed by atoms with Gasteiger partial charge in [0, 0.05) is 0 Å². The van der Waals surface area contributed by atoms with Crippen molar-refractivity contribution in [2.75, 3.05) is 0 Å². The number of nitrogens with two attached hydrogens (primary N) is 1. The van der Waals surface area contributed by atoms with Gasteiger partial charge in [0.15, 0.2) is 0 Å². The van der Waals surface area contributed by atoms with Gasteiger partial charge in [-0.25, -0.2) is 0 Å². The van der Waals surface area contributed by atoms with Crippen LogP contribution in [0.15, 0.2) is 0 Å². The van der Waals surface area contributed by atoms with Crippen molar-refractivity contribution in [3.8, 4) is 0 Å². The molecular weight excluding hydrogens is 143 g/mol. The summed E-state index contributed by atoms with van der Waals surface area (Å²) in [5, 5.41) is 8.67. The number of hydrogen-bond donors (Lipinski definition) is 1. The van der Waals surface area contributed by atoms with E-state index in [1.54, 1.807) is 0 Å². The second kappa shape index (κ2) is 5.08. The number of carbonyl (C=O) groups excluding carboxylic acids is 1. The maximum absolute atomic E-state index is 8.67. The van der Waals surface area contributed by atoms with Gasteiger partial charge < -0.3 is 15.6 Å². The Kier molecular flexibility index (Phi) is 9.56. The number of hydrogen-bond acceptors (Lipinski definition) is 2. The average Bonchev–Trinajstić information content (AvgIpc) is 0.811. The summed E-state index contributed by atoms with van der Waals surface area (Å²) in [7, 11) is 0. The summed E-state index contributed by atoms with van der Waals surface area (Å²) in [6.45, 7) is 0. The molecule has 0 heterocycles. The standard InChI is InChI=1S/CH3NO2.Rb/c2-1(3)4;/h2H2,(H,3,4);/q;+1/p-1. The normalized spacial score (nSPS) is 4.80. The van der Waals surface area contributed by atoms with E-state index in [2.05, 4.69) is 5.73 Å². The summed E-state index contributed by atoms with van der Waals surface area (Å²) >= 11 is 0. The SMILES string of the molecule is NC(=O)[O-].[Rb+]. The molecule has 0 aliphatic carbocycles. The molecule has 0 aromatic carbocycles. The van der Waals surface area contributed by atoms with Crippen LogP contribution in [0.2, 0.25) is 0 Å². The molecule has 0 bridgehead atoms. The molecule has 5 heavy (non-hydrogen) atoms. The van der Waals surface area contributed by atoms with Crippen molar-refractivity contribution >= 4 is 6.09 Å². The molecule has 0 aliphatic rings. The molecule has 0 aromatic rings. The predicted octanol–water partition coefficient (Wildman–Crippen LogP) is -4.71. The topological polar surface area (TPSA) is 66.2 Å². The monoisotopic (exact) mass is 145 g/mol. The number of carboxylic acid groups (broad SMARTS) is 1. The first kappa shape index (κ1) is 9.42. The number of carbonyl (C=O) groups is 1. The molecule has 0 radical (unpaired) electrons. The predicted molar refractivity (Wildman–Crippen MR) is 9.58 cm³/mol. The fourth-order valence-corrected chi connectivity index (χ4v) is 0. The fraction of sp³-hybridized carbons (Fsp3) is 0. The molecule has 0 fully saturated rings. The molecule has 24 valence electrons. The Morgan fingerprint density at radius 3 is 1.80 bits per heavy atom. The third-order valence-corrected chi connectivity index (χ3v) is 0. The zero-order valence-corrected chi connectivity index (χ0v) is 7.81. The molecule has 0 saturated carbocycles. The van der Waals surface area contributed by atoms with Crippen molar-refractivity contribution in [3.63, 3.8) is 0 Å². The Labute approximate surface area is 78.3 Å². The minimum Gasteiger partial charge on any atom is -0.530 e. The van der Waals surface area contributed by atoms with Gasteiger partial charge in [0.25, 0.3) is 0 Å². The van der Waals surface area contributed by atoms with E-state index in [1.807, 2.05) is 0 Å². The molecule has 0 rings (SSSR count). The number of rotatable bonds is 0. The second-order valence-electron chi connectivity index (χ2n) is 0.319. The molecule has 2 N–H and O–H groups in total. The summed E-state index contributed by atoms with van der Waals surface area (Å²) < 4.78 is 0. The summed E-state index contributed by atoms with van der Waals surface area (Å²) in [5.41, 5.74) is 3.92. The van der Waals surface area contributed by atoms with Crippen LogP contribution in [0.1, 0.15) is 0 Å². The number of primary amides is 1. The van der Waals surface area contributed by atoms with Crippen LogP contribution in [-0.4, -0.2) is 6.09 Å². The zero-order valence-electron chi connectivity index (χ0n) is 2.89. The van der Waals surface area contributed by atoms with E-state index in [0.29, 0.717) is 0 Å². The Hall–Kier alpha value is 1.08. The Morgan fingerprint density at radius 2 is 1.80 bits per heavy atom. The van der Waals surface area contributed by atoms with Crippen molar-refractivity contribution in [2.24, 2.45) is 5.73 Å². The average molecular weight is 146 g/mol. The van der Waals surface area contributed by atoms with E-state index in [1.165, 1.54) is 0 Å². The van der Waals surface area contributed by atoms with Gasteiger partial charge >= 0.3 is 58.2 Å². The van der Waals surface area contributed by atoms with Gasteiger partial charge in [-0.3, -0.25) is 0 Å². The smallest absolute Gasteiger partial charge is 0.530 e. The van der Waals surface area contributed by atoms with E-state index in [9.17, 15) is 0 Å². The van der Waals surface area contributed by atoms with Gasteiger partial charge in [-0.05, 0) is 0 Å². The van der Waals surface area contributed by atoms with Gasteiger partial charge in [-0.1, -0.05) is 0 Å². The molecule has 1 amide bonds. The van der Waals surface area contributed by atoms with Crippen LogP contribution in [-0.2, 0) is 0 Å². The molecule has 0 unspecified atom stereocenters. The summed E-state index contributed by atoms with van der Waals surface area (Å²) in [4.78, 5) is 8.67. The molecule has 0 atom stereocenters. The van der Waals surface area contributed by atoms with Gasteiger partial charge in [-0.2, -0.15) is 0 Å². The Bertz CT molecular complexity index is 32.6. The van der Waals surface area contributed by atoms with Gasteiger partial charge in [0.1, 0.15) is 6.09 Å². The molecule has 0 saturated heterocycles. The van der Waals surface area contributed by atoms with Crippen molar-refractivity contribution in [3.05, 3.63) is 0 Å². The van der Waals surface area contributed by atoms with E-state index >= 15 is 0 Å². The molecule has 0 aromatic heterocycles. The summed E-state index contributed by atoms with van der Waals surface area (Å²) in [5.74, 6) is 0. The minimum absolute atomic E-state index is 0. The van der Waals surface area contributed by atoms with Crippen LogP contribution < -0.4 is 69.0 Å². The van der Waals surface area contributed by atoms with Crippen molar-refractivity contribution in [1.29, 1.82) is 0 Å². The van der Waals surface area contributed by atoms with Crippen molar-refractivity contribution in [1.82, 2.24) is 0 Å². The van der Waals surface area contributed by atoms with Gasteiger partial charge in [0.05, 0.1) is 0 Å². The molecular formula is CH2NO2Rb. The zero-order chi connectivity index (χ0) is 3.58. The van der Waals surface area contributed by atoms with Crippen LogP contribution in [0.3, 0.4) is 0 Å². The Balaban J connectivity index is 0. The Morgan fingerprint density at radius 1 is 1.80 bits per heavy atom. The summed E-state index contributed by atoms with van der Waals surface area (Å²) in [6.07, 6.45) is -1.58. The van der Waals surface area contributed by atoms with E-state index < -0.39 is 6.09 Å². The third kappa shape index (κ3) is 41.5. The van der Waals surface area contributed by atoms with Crippen LogP contribution >= 0.6 is 0 Å². The van der Waals surface area contributed by atoms with Gasteiger partial charge in [-0.15, -0.1) is 0 Å². The molecule has 0 spiro atoms. The molecule has 4 heteroatoms. The second-order valence-corrected chi connectivity index (χ2v) is 0.319. The quantitative estimate of drug-likeness (QED) is 0.372. The van der Waals surface area contributed by atoms with E-state index in [4.69, 9.17) is 9.90 Å². The van der Waals surface area contributed by atoms with Crippen LogP contribution in [0.25, 0.3) is 0 Å². The first-order chi connectivity index (χ1) is 1.73. The molecule has 3 nitrogen and oxygen atoms in total. The van der Waals surface area contributed by atoms with Crippen molar-refractivity contribution in [2.45, 2.75) is 0 Å². The third-order valence-electron chi connectivity index (χ3n) is 0. The fourth-order valence-electron chi connectivity index (χ4n) is 0. The molecule has 0 aliphatic heterocycles. The van der Waals surface area contributed by atoms with Crippen LogP contribution in [0.5, 0.6) is 0 Å². The van der Waals surface area contributed by atoms with E-state index in [-0.39, 0.29) is 58.2 Å². The largest absolute Gasteiger partial charge is 1.00 e. The van der Waals surface area contributed by atoms with Crippen LogP contribution in [0.4, 0.5) is 4.79 Å². The maximum Gasteiger partial charge on any atom is 1.00 e. The maximum atomic E-state index is 8.67.